The molecule has 0 radical (unpaired) electrons. The van der Waals surface area contributed by atoms with Gasteiger partial charge in [0.1, 0.15) is 0 Å². The van der Waals surface area contributed by atoms with E-state index in [-0.39, 0.29) is 29.9 Å². The number of hydrogen-bond donors (Lipinski definition) is 0. The second kappa shape index (κ2) is 19.4. The number of rotatable bonds is 19. The van der Waals surface area contributed by atoms with E-state index in [0.29, 0.717) is 6.61 Å². The Balaban J connectivity index is 2.02. The summed E-state index contributed by atoms with van der Waals surface area (Å²) in [6, 6.07) is 0. The Hall–Kier alpha value is -1.06. The van der Waals surface area contributed by atoms with Crippen LogP contribution in [0.15, 0.2) is 0 Å². The highest BCUT2D eigenvalue weighted by atomic mass is 16.5. The van der Waals surface area contributed by atoms with E-state index in [0.717, 1.165) is 44.9 Å². The van der Waals surface area contributed by atoms with Crippen molar-refractivity contribution in [3.05, 3.63) is 0 Å². The lowest BCUT2D eigenvalue weighted by Crippen LogP contribution is -2.36. The largest absolute Gasteiger partial charge is 0.465 e. The molecule has 4 nitrogen and oxygen atoms in total. The van der Waals surface area contributed by atoms with Crippen LogP contribution < -0.4 is 0 Å². The van der Waals surface area contributed by atoms with Crippen LogP contribution in [0.3, 0.4) is 0 Å². The Bertz CT molecular complexity index is 476. The first kappa shape index (κ1) is 29.0. The van der Waals surface area contributed by atoms with E-state index in [1.807, 2.05) is 13.8 Å². The lowest BCUT2D eigenvalue weighted by atomic mass is 9.79. The maximum Gasteiger partial charge on any atom is 0.310 e. The van der Waals surface area contributed by atoms with Crippen molar-refractivity contribution in [3.63, 3.8) is 0 Å². The van der Waals surface area contributed by atoms with Gasteiger partial charge in [0, 0.05) is 0 Å². The van der Waals surface area contributed by atoms with Crippen molar-refractivity contribution in [1.82, 2.24) is 0 Å². The van der Waals surface area contributed by atoms with Crippen molar-refractivity contribution < 1.29 is 19.1 Å². The molecule has 0 N–H and O–H groups in total. The van der Waals surface area contributed by atoms with Crippen LogP contribution in [-0.4, -0.2) is 24.6 Å². The van der Waals surface area contributed by atoms with Crippen LogP contribution >= 0.6 is 0 Å². The second-order valence-electron chi connectivity index (χ2n) is 9.92. The summed E-state index contributed by atoms with van der Waals surface area (Å²) in [6.07, 6.45) is 22.6. The SMILES string of the molecule is CCCCCCCCCCCCCCCCOC(=O)C1CCCCC1C(=O)OC(C)CC. The third-order valence-electron chi connectivity index (χ3n) is 7.01. The predicted molar refractivity (Wildman–Crippen MR) is 133 cm³/mol. The summed E-state index contributed by atoms with van der Waals surface area (Å²) in [5, 5.41) is 0. The van der Waals surface area contributed by atoms with Crippen molar-refractivity contribution in [1.29, 1.82) is 0 Å². The third-order valence-corrected chi connectivity index (χ3v) is 7.01. The molecule has 1 saturated carbocycles. The number of unbranched alkanes of at least 4 members (excludes halogenated alkanes) is 13. The molecule has 32 heavy (non-hydrogen) atoms. The lowest BCUT2D eigenvalue weighted by molar-refractivity contribution is -0.165. The maximum absolute atomic E-state index is 12.6. The zero-order valence-electron chi connectivity index (χ0n) is 21.5. The second-order valence-corrected chi connectivity index (χ2v) is 9.92. The zero-order valence-corrected chi connectivity index (χ0v) is 21.5. The van der Waals surface area contributed by atoms with Crippen LogP contribution in [0.5, 0.6) is 0 Å². The molecule has 188 valence electrons. The summed E-state index contributed by atoms with van der Waals surface area (Å²) >= 11 is 0. The molecule has 0 heterocycles. The number of carbonyl (C=O) groups excluding carboxylic acids is 2. The summed E-state index contributed by atoms with van der Waals surface area (Å²) in [7, 11) is 0. The van der Waals surface area contributed by atoms with Gasteiger partial charge in [-0.25, -0.2) is 0 Å². The molecule has 3 atom stereocenters. The smallest absolute Gasteiger partial charge is 0.310 e. The molecule has 0 spiro atoms. The van der Waals surface area contributed by atoms with Crippen molar-refractivity contribution in [3.8, 4) is 0 Å². The molecule has 0 bridgehead atoms. The molecule has 0 aromatic heterocycles. The topological polar surface area (TPSA) is 52.6 Å². The standard InChI is InChI=1S/C28H52O4/c1-4-6-7-8-9-10-11-12-13-14-15-16-17-20-23-31-27(29)25-21-18-19-22-26(25)28(30)32-24(3)5-2/h24-26H,4-23H2,1-3H3. The van der Waals surface area contributed by atoms with Gasteiger partial charge in [0.25, 0.3) is 0 Å². The molecular formula is C28H52O4. The summed E-state index contributed by atoms with van der Waals surface area (Å²) in [6.45, 7) is 6.67. The Morgan fingerprint density at radius 3 is 1.59 bits per heavy atom. The minimum atomic E-state index is -0.318. The fourth-order valence-electron chi connectivity index (χ4n) is 4.64. The van der Waals surface area contributed by atoms with Crippen molar-refractivity contribution in [2.75, 3.05) is 6.61 Å². The fourth-order valence-corrected chi connectivity index (χ4v) is 4.64. The molecule has 0 saturated heterocycles. The fraction of sp³-hybridized carbons (Fsp3) is 0.929. The van der Waals surface area contributed by atoms with Gasteiger partial charge < -0.3 is 9.47 Å². The van der Waals surface area contributed by atoms with Crippen molar-refractivity contribution in [2.45, 2.75) is 149 Å². The average Bonchev–Trinajstić information content (AvgIpc) is 2.81. The Morgan fingerprint density at radius 2 is 1.12 bits per heavy atom. The molecule has 0 aromatic rings. The maximum atomic E-state index is 12.6. The third kappa shape index (κ3) is 13.5. The molecule has 1 aliphatic carbocycles. The van der Waals surface area contributed by atoms with E-state index in [4.69, 9.17) is 9.47 Å². The zero-order chi connectivity index (χ0) is 23.4. The van der Waals surface area contributed by atoms with E-state index in [1.165, 1.54) is 77.0 Å². The molecule has 0 aromatic carbocycles. The first-order valence-electron chi connectivity index (χ1n) is 14.0. The van der Waals surface area contributed by atoms with Crippen LogP contribution in [0.25, 0.3) is 0 Å². The normalized spacial score (nSPS) is 19.5. The number of carbonyl (C=O) groups is 2. The molecule has 3 unspecified atom stereocenters. The summed E-state index contributed by atoms with van der Waals surface area (Å²) in [5.74, 6) is -1.03. The summed E-state index contributed by atoms with van der Waals surface area (Å²) < 4.78 is 11.1. The first-order valence-corrected chi connectivity index (χ1v) is 14.0. The molecule has 1 fully saturated rings. The number of hydrogen-bond acceptors (Lipinski definition) is 4. The predicted octanol–water partition coefficient (Wildman–Crippen LogP) is 8.16. The average molecular weight is 453 g/mol. The van der Waals surface area contributed by atoms with Crippen LogP contribution in [0, 0.1) is 11.8 Å². The van der Waals surface area contributed by atoms with Gasteiger partial charge in [-0.2, -0.15) is 0 Å². The molecular weight excluding hydrogens is 400 g/mol. The highest BCUT2D eigenvalue weighted by molar-refractivity contribution is 5.82. The van der Waals surface area contributed by atoms with E-state index < -0.39 is 0 Å². The molecule has 4 heteroatoms. The quantitative estimate of drug-likeness (QED) is 0.146. The number of ether oxygens (including phenoxy) is 2. The molecule has 0 amide bonds. The van der Waals surface area contributed by atoms with Crippen LogP contribution in [-0.2, 0) is 19.1 Å². The van der Waals surface area contributed by atoms with Gasteiger partial charge >= 0.3 is 11.9 Å². The van der Waals surface area contributed by atoms with Gasteiger partial charge in [0.05, 0.1) is 24.5 Å². The van der Waals surface area contributed by atoms with Gasteiger partial charge in [0.15, 0.2) is 0 Å². The summed E-state index contributed by atoms with van der Waals surface area (Å²) in [5.41, 5.74) is 0. The minimum absolute atomic E-state index is 0.0864. The molecule has 1 rings (SSSR count). The van der Waals surface area contributed by atoms with E-state index in [1.54, 1.807) is 0 Å². The van der Waals surface area contributed by atoms with Gasteiger partial charge in [-0.05, 0) is 32.6 Å². The van der Waals surface area contributed by atoms with Crippen LogP contribution in [0.2, 0.25) is 0 Å². The molecule has 0 aliphatic heterocycles. The van der Waals surface area contributed by atoms with Crippen LogP contribution in [0.4, 0.5) is 0 Å². The van der Waals surface area contributed by atoms with Crippen LogP contribution in [0.1, 0.15) is 143 Å². The van der Waals surface area contributed by atoms with Crippen molar-refractivity contribution >= 4 is 11.9 Å². The highest BCUT2D eigenvalue weighted by Crippen LogP contribution is 2.32. The minimum Gasteiger partial charge on any atom is -0.465 e. The lowest BCUT2D eigenvalue weighted by Gasteiger charge is -2.29. The first-order chi connectivity index (χ1) is 15.6. The highest BCUT2D eigenvalue weighted by Gasteiger charge is 2.38. The van der Waals surface area contributed by atoms with Crippen molar-refractivity contribution in [2.24, 2.45) is 11.8 Å². The molecule has 1 aliphatic rings. The van der Waals surface area contributed by atoms with Gasteiger partial charge in [-0.15, -0.1) is 0 Å². The van der Waals surface area contributed by atoms with E-state index >= 15 is 0 Å². The van der Waals surface area contributed by atoms with Gasteiger partial charge in [-0.3, -0.25) is 9.59 Å². The Morgan fingerprint density at radius 1 is 0.688 bits per heavy atom. The van der Waals surface area contributed by atoms with Gasteiger partial charge in [0.2, 0.25) is 0 Å². The van der Waals surface area contributed by atoms with E-state index in [9.17, 15) is 9.59 Å². The monoisotopic (exact) mass is 452 g/mol. The number of esters is 2. The Kier molecular flexibility index (Phi) is 17.6. The van der Waals surface area contributed by atoms with E-state index in [2.05, 4.69) is 6.92 Å². The Labute approximate surface area is 198 Å². The van der Waals surface area contributed by atoms with Gasteiger partial charge in [-0.1, -0.05) is 110 Å². The summed E-state index contributed by atoms with van der Waals surface area (Å²) in [4.78, 5) is 25.0.